The number of methoxy groups -OCH3 is 1. The van der Waals surface area contributed by atoms with E-state index in [1.54, 1.807) is 14.2 Å². The number of hydrogen-bond donors (Lipinski definition) is 2. The molecule has 6 heteroatoms. The smallest absolute Gasteiger partial charge is 0.239 e. The zero-order valence-corrected chi connectivity index (χ0v) is 12.5. The lowest BCUT2D eigenvalue weighted by atomic mass is 10.1. The fourth-order valence-electron chi connectivity index (χ4n) is 1.62. The number of nitrogens with one attached hydrogen (secondary N) is 2. The van der Waals surface area contributed by atoms with E-state index in [2.05, 4.69) is 10.6 Å². The average molecular weight is 273 g/mol. The van der Waals surface area contributed by atoms with Crippen LogP contribution in [0, 0.1) is 5.92 Å². The lowest BCUT2D eigenvalue weighted by Crippen LogP contribution is -2.42. The Morgan fingerprint density at radius 2 is 2.05 bits per heavy atom. The zero-order valence-electron chi connectivity index (χ0n) is 12.5. The second-order valence-electron chi connectivity index (χ2n) is 4.60. The third-order valence-corrected chi connectivity index (χ3v) is 2.73. The molecule has 0 aliphatic carbocycles. The second kappa shape index (κ2) is 10.8. The Balaban J connectivity index is 3.90. The first-order valence-electron chi connectivity index (χ1n) is 6.74. The summed E-state index contributed by atoms with van der Waals surface area (Å²) in [4.78, 5) is 25.0. The molecule has 0 spiro atoms. The zero-order chi connectivity index (χ0) is 14.7. The van der Waals surface area contributed by atoms with Gasteiger partial charge in [0.2, 0.25) is 11.8 Å². The van der Waals surface area contributed by atoms with E-state index in [0.717, 1.165) is 13.0 Å². The Morgan fingerprint density at radius 3 is 2.63 bits per heavy atom. The van der Waals surface area contributed by atoms with Gasteiger partial charge in [-0.3, -0.25) is 9.59 Å². The summed E-state index contributed by atoms with van der Waals surface area (Å²) in [5, 5.41) is 5.88. The molecule has 0 bridgehead atoms. The van der Waals surface area contributed by atoms with Crippen molar-refractivity contribution < 1.29 is 14.3 Å². The number of amides is 2. The Bertz CT molecular complexity index is 272. The predicted molar refractivity (Wildman–Crippen MR) is 74.8 cm³/mol. The number of carbonyl (C=O) groups is 2. The SMILES string of the molecule is CCNCC(C)C(=O)N(C)CC(=O)NCCCOC. The summed E-state index contributed by atoms with van der Waals surface area (Å²) in [6.07, 6.45) is 0.775. The molecule has 2 N–H and O–H groups in total. The maximum atomic E-state index is 11.9. The highest BCUT2D eigenvalue weighted by atomic mass is 16.5. The van der Waals surface area contributed by atoms with Gasteiger partial charge in [0.25, 0.3) is 0 Å². The molecule has 1 unspecified atom stereocenters. The van der Waals surface area contributed by atoms with Gasteiger partial charge in [0.05, 0.1) is 6.54 Å². The number of rotatable bonds is 10. The van der Waals surface area contributed by atoms with Gasteiger partial charge < -0.3 is 20.3 Å². The fraction of sp³-hybridized carbons (Fsp3) is 0.846. The van der Waals surface area contributed by atoms with Gasteiger partial charge in [-0.1, -0.05) is 13.8 Å². The first-order chi connectivity index (χ1) is 9.02. The monoisotopic (exact) mass is 273 g/mol. The van der Waals surface area contributed by atoms with Crippen molar-refractivity contribution >= 4 is 11.8 Å². The van der Waals surface area contributed by atoms with Crippen molar-refractivity contribution in [1.82, 2.24) is 15.5 Å². The van der Waals surface area contributed by atoms with Crippen molar-refractivity contribution in [2.45, 2.75) is 20.3 Å². The van der Waals surface area contributed by atoms with E-state index < -0.39 is 0 Å². The van der Waals surface area contributed by atoms with Crippen LogP contribution in [0.5, 0.6) is 0 Å². The highest BCUT2D eigenvalue weighted by Gasteiger charge is 2.18. The van der Waals surface area contributed by atoms with Crippen molar-refractivity contribution in [3.05, 3.63) is 0 Å². The first-order valence-corrected chi connectivity index (χ1v) is 6.74. The fourth-order valence-corrected chi connectivity index (χ4v) is 1.62. The molecule has 0 aromatic carbocycles. The average Bonchev–Trinajstić information content (AvgIpc) is 2.39. The van der Waals surface area contributed by atoms with Crippen LogP contribution in [0.3, 0.4) is 0 Å². The summed E-state index contributed by atoms with van der Waals surface area (Å²) in [6.45, 7) is 6.61. The standard InChI is InChI=1S/C13H27N3O3/c1-5-14-9-11(2)13(18)16(3)10-12(17)15-7-6-8-19-4/h11,14H,5-10H2,1-4H3,(H,15,17). The molecule has 112 valence electrons. The molecule has 0 aromatic rings. The molecule has 1 atom stereocenters. The summed E-state index contributed by atoms with van der Waals surface area (Å²) >= 11 is 0. The van der Waals surface area contributed by atoms with E-state index in [1.165, 1.54) is 4.90 Å². The van der Waals surface area contributed by atoms with Gasteiger partial charge >= 0.3 is 0 Å². The summed E-state index contributed by atoms with van der Waals surface area (Å²) in [6, 6.07) is 0. The van der Waals surface area contributed by atoms with E-state index in [-0.39, 0.29) is 24.3 Å². The van der Waals surface area contributed by atoms with Crippen LogP contribution in [0.1, 0.15) is 20.3 Å². The van der Waals surface area contributed by atoms with E-state index >= 15 is 0 Å². The third kappa shape index (κ3) is 8.56. The van der Waals surface area contributed by atoms with Gasteiger partial charge in [-0.05, 0) is 13.0 Å². The van der Waals surface area contributed by atoms with Crippen molar-refractivity contribution in [3.8, 4) is 0 Å². The normalized spacial score (nSPS) is 12.0. The minimum absolute atomic E-state index is 0.0204. The third-order valence-electron chi connectivity index (χ3n) is 2.73. The molecule has 0 aliphatic rings. The summed E-state index contributed by atoms with van der Waals surface area (Å²) in [7, 11) is 3.28. The van der Waals surface area contributed by atoms with Crippen molar-refractivity contribution in [2.75, 3.05) is 46.9 Å². The van der Waals surface area contributed by atoms with Crippen LogP contribution < -0.4 is 10.6 Å². The van der Waals surface area contributed by atoms with Gasteiger partial charge in [-0.2, -0.15) is 0 Å². The van der Waals surface area contributed by atoms with Crippen molar-refractivity contribution in [2.24, 2.45) is 5.92 Å². The van der Waals surface area contributed by atoms with Gasteiger partial charge in [-0.15, -0.1) is 0 Å². The summed E-state index contributed by atoms with van der Waals surface area (Å²) < 4.78 is 4.89. The predicted octanol–water partition coefficient (Wildman–Crippen LogP) is -0.157. The van der Waals surface area contributed by atoms with Gasteiger partial charge in [0.1, 0.15) is 0 Å². The molecule has 0 saturated heterocycles. The Labute approximate surface area is 115 Å². The van der Waals surface area contributed by atoms with E-state index in [1.807, 2.05) is 13.8 Å². The maximum Gasteiger partial charge on any atom is 0.239 e. The molecule has 0 saturated carbocycles. The van der Waals surface area contributed by atoms with E-state index in [9.17, 15) is 9.59 Å². The van der Waals surface area contributed by atoms with Crippen LogP contribution in [0.4, 0.5) is 0 Å². The lowest BCUT2D eigenvalue weighted by Gasteiger charge is -2.21. The number of nitrogens with zero attached hydrogens (tertiary/aromatic N) is 1. The second-order valence-corrected chi connectivity index (χ2v) is 4.60. The number of carbonyl (C=O) groups excluding carboxylic acids is 2. The van der Waals surface area contributed by atoms with Crippen LogP contribution >= 0.6 is 0 Å². The number of ether oxygens (including phenoxy) is 1. The van der Waals surface area contributed by atoms with Crippen LogP contribution in [-0.2, 0) is 14.3 Å². The molecule has 0 fully saturated rings. The van der Waals surface area contributed by atoms with Crippen molar-refractivity contribution in [3.63, 3.8) is 0 Å². The molecule has 0 aromatic heterocycles. The topological polar surface area (TPSA) is 70.7 Å². The summed E-state index contributed by atoms with van der Waals surface area (Å²) in [5.41, 5.74) is 0. The summed E-state index contributed by atoms with van der Waals surface area (Å²) in [5.74, 6) is -0.276. The molecule has 6 nitrogen and oxygen atoms in total. The molecule has 2 amide bonds. The van der Waals surface area contributed by atoms with Crippen LogP contribution in [0.15, 0.2) is 0 Å². The highest BCUT2D eigenvalue weighted by Crippen LogP contribution is 1.99. The quantitative estimate of drug-likeness (QED) is 0.543. The Morgan fingerprint density at radius 1 is 1.37 bits per heavy atom. The first kappa shape index (κ1) is 17.9. The van der Waals surface area contributed by atoms with Crippen LogP contribution in [0.25, 0.3) is 0 Å². The number of likely N-dealkylation sites (N-methyl/N-ethyl adjacent to an activating group) is 1. The van der Waals surface area contributed by atoms with Crippen LogP contribution in [0.2, 0.25) is 0 Å². The minimum atomic E-state index is -0.136. The molecule has 0 heterocycles. The number of hydrogen-bond acceptors (Lipinski definition) is 4. The molecule has 19 heavy (non-hydrogen) atoms. The highest BCUT2D eigenvalue weighted by molar-refractivity contribution is 5.85. The minimum Gasteiger partial charge on any atom is -0.385 e. The molecule has 0 radical (unpaired) electrons. The van der Waals surface area contributed by atoms with Gasteiger partial charge in [-0.25, -0.2) is 0 Å². The lowest BCUT2D eigenvalue weighted by molar-refractivity contribution is -0.137. The van der Waals surface area contributed by atoms with Gasteiger partial charge in [0, 0.05) is 39.8 Å². The van der Waals surface area contributed by atoms with Gasteiger partial charge in [0.15, 0.2) is 0 Å². The maximum absolute atomic E-state index is 11.9. The Hall–Kier alpha value is -1.14. The Kier molecular flexibility index (Phi) is 10.1. The molecular formula is C13H27N3O3. The molecule has 0 aliphatic heterocycles. The van der Waals surface area contributed by atoms with Crippen molar-refractivity contribution in [1.29, 1.82) is 0 Å². The molecular weight excluding hydrogens is 246 g/mol. The molecule has 0 rings (SSSR count). The van der Waals surface area contributed by atoms with Crippen LogP contribution in [-0.4, -0.2) is 63.7 Å². The van der Waals surface area contributed by atoms with E-state index in [4.69, 9.17) is 4.74 Å². The largest absolute Gasteiger partial charge is 0.385 e. The van der Waals surface area contributed by atoms with E-state index in [0.29, 0.717) is 19.7 Å².